The summed E-state index contributed by atoms with van der Waals surface area (Å²) in [7, 11) is 0. The van der Waals surface area contributed by atoms with Crippen LogP contribution >= 0.6 is 0 Å². The Morgan fingerprint density at radius 2 is 0.714 bits per heavy atom. The van der Waals surface area contributed by atoms with Crippen molar-refractivity contribution in [2.24, 2.45) is 0 Å². The van der Waals surface area contributed by atoms with Gasteiger partial charge in [-0.05, 0) is 32.4 Å². The maximum atomic E-state index is 10.4. The number of carboxylic acid groups (broad SMARTS) is 1. The molecule has 0 aliphatic heterocycles. The lowest BCUT2D eigenvalue weighted by Gasteiger charge is -2.08. The molecule has 0 aliphatic carbocycles. The molecule has 0 aromatic carbocycles. The summed E-state index contributed by atoms with van der Waals surface area (Å²) in [6.45, 7) is 8.86. The lowest BCUT2D eigenvalue weighted by molar-refractivity contribution is -0.137. The van der Waals surface area contributed by atoms with Gasteiger partial charge < -0.3 is 21.1 Å². The zero-order valence-corrected chi connectivity index (χ0v) is 23.7. The van der Waals surface area contributed by atoms with Gasteiger partial charge >= 0.3 is 5.97 Å². The molecule has 0 saturated heterocycles. The minimum Gasteiger partial charge on any atom is -0.481 e. The smallest absolute Gasteiger partial charge is 0.303 e. The minimum atomic E-state index is -0.661. The normalized spacial score (nSPS) is 11.3. The highest BCUT2D eigenvalue weighted by Gasteiger charge is 1.97. The third kappa shape index (κ3) is 33.3. The first-order valence-corrected chi connectivity index (χ1v) is 15.6. The van der Waals surface area contributed by atoms with Crippen LogP contribution in [0.25, 0.3) is 0 Å². The molecule has 0 unspecified atom stereocenters. The van der Waals surface area contributed by atoms with E-state index in [4.69, 9.17) is 5.11 Å². The summed E-state index contributed by atoms with van der Waals surface area (Å²) in [5.41, 5.74) is 0. The molecule has 5 heteroatoms. The Kier molecular flexibility index (Phi) is 30.8. The number of hydrogen-bond acceptors (Lipinski definition) is 4. The molecule has 0 spiro atoms. The van der Waals surface area contributed by atoms with Gasteiger partial charge in [0.2, 0.25) is 0 Å². The molecule has 0 atom stereocenters. The highest BCUT2D eigenvalue weighted by Crippen LogP contribution is 2.12. The van der Waals surface area contributed by atoms with Gasteiger partial charge in [-0.25, -0.2) is 0 Å². The predicted octanol–water partition coefficient (Wildman–Crippen LogP) is 7.44. The second-order valence-electron chi connectivity index (χ2n) is 10.5. The van der Waals surface area contributed by atoms with Gasteiger partial charge in [0.25, 0.3) is 0 Å². The van der Waals surface area contributed by atoms with Crippen LogP contribution in [0.5, 0.6) is 0 Å². The van der Waals surface area contributed by atoms with E-state index in [2.05, 4.69) is 22.9 Å². The maximum Gasteiger partial charge on any atom is 0.303 e. The zero-order chi connectivity index (χ0) is 25.5. The number of rotatable bonds is 31. The molecule has 0 aromatic rings. The summed E-state index contributed by atoms with van der Waals surface area (Å²) >= 11 is 0. The number of aliphatic carboxylic acids is 1. The van der Waals surface area contributed by atoms with Crippen LogP contribution in [0.4, 0.5) is 0 Å². The third-order valence-corrected chi connectivity index (χ3v) is 6.91. The SMILES string of the molecule is CCCCCCCCCCCCCCNCCNCCNCCCCCCCCCCCC(=O)O. The Balaban J connectivity index is 3.01. The van der Waals surface area contributed by atoms with E-state index in [0.29, 0.717) is 6.42 Å². The molecular weight excluding hydrogens is 434 g/mol. The molecule has 210 valence electrons. The van der Waals surface area contributed by atoms with Crippen LogP contribution in [-0.2, 0) is 4.79 Å². The van der Waals surface area contributed by atoms with Crippen molar-refractivity contribution in [1.29, 1.82) is 0 Å². The molecule has 4 N–H and O–H groups in total. The monoisotopic (exact) mass is 497 g/mol. The Labute approximate surface area is 219 Å². The van der Waals surface area contributed by atoms with Crippen molar-refractivity contribution in [3.8, 4) is 0 Å². The van der Waals surface area contributed by atoms with Crippen LogP contribution < -0.4 is 16.0 Å². The summed E-state index contributed by atoms with van der Waals surface area (Å²) in [6, 6.07) is 0. The number of nitrogens with one attached hydrogen (secondary N) is 3. The van der Waals surface area contributed by atoms with Crippen LogP contribution in [-0.4, -0.2) is 50.3 Å². The van der Waals surface area contributed by atoms with Gasteiger partial charge in [0.15, 0.2) is 0 Å². The van der Waals surface area contributed by atoms with Gasteiger partial charge in [-0.1, -0.05) is 122 Å². The highest BCUT2D eigenvalue weighted by molar-refractivity contribution is 5.66. The van der Waals surface area contributed by atoms with Gasteiger partial charge in [-0.2, -0.15) is 0 Å². The second-order valence-corrected chi connectivity index (χ2v) is 10.5. The van der Waals surface area contributed by atoms with Crippen molar-refractivity contribution >= 4 is 5.97 Å². The maximum absolute atomic E-state index is 10.4. The van der Waals surface area contributed by atoms with Crippen molar-refractivity contribution in [3.63, 3.8) is 0 Å². The fourth-order valence-corrected chi connectivity index (χ4v) is 4.58. The first-order chi connectivity index (χ1) is 17.3. The molecule has 35 heavy (non-hydrogen) atoms. The van der Waals surface area contributed by atoms with E-state index in [1.54, 1.807) is 0 Å². The van der Waals surface area contributed by atoms with Crippen LogP contribution in [0.1, 0.15) is 148 Å². The van der Waals surface area contributed by atoms with E-state index in [1.165, 1.54) is 129 Å². The Bertz CT molecular complexity index is 407. The van der Waals surface area contributed by atoms with Gasteiger partial charge in [0.05, 0.1) is 0 Å². The molecule has 0 heterocycles. The molecule has 0 bridgehead atoms. The van der Waals surface area contributed by atoms with Crippen LogP contribution in [0.2, 0.25) is 0 Å². The lowest BCUT2D eigenvalue weighted by Crippen LogP contribution is -2.33. The van der Waals surface area contributed by atoms with E-state index in [0.717, 1.165) is 45.6 Å². The average Bonchev–Trinajstić information content (AvgIpc) is 2.85. The number of hydrogen-bond donors (Lipinski definition) is 4. The fourth-order valence-electron chi connectivity index (χ4n) is 4.58. The van der Waals surface area contributed by atoms with Gasteiger partial charge in [-0.15, -0.1) is 0 Å². The Morgan fingerprint density at radius 1 is 0.429 bits per heavy atom. The van der Waals surface area contributed by atoms with Gasteiger partial charge in [0, 0.05) is 32.6 Å². The van der Waals surface area contributed by atoms with Crippen LogP contribution in [0.3, 0.4) is 0 Å². The summed E-state index contributed by atoms with van der Waals surface area (Å²) in [4.78, 5) is 10.4. The molecular formula is C30H63N3O2. The van der Waals surface area contributed by atoms with Crippen LogP contribution in [0, 0.1) is 0 Å². The molecule has 0 saturated carbocycles. The summed E-state index contributed by atoms with van der Waals surface area (Å²) in [5, 5.41) is 19.2. The number of unbranched alkanes of at least 4 members (excludes halogenated alkanes) is 19. The van der Waals surface area contributed by atoms with Crippen molar-refractivity contribution in [2.45, 2.75) is 148 Å². The van der Waals surface area contributed by atoms with E-state index < -0.39 is 5.97 Å². The molecule has 5 nitrogen and oxygen atoms in total. The molecule has 0 aromatic heterocycles. The molecule has 0 aliphatic rings. The topological polar surface area (TPSA) is 73.4 Å². The van der Waals surface area contributed by atoms with Crippen molar-refractivity contribution < 1.29 is 9.90 Å². The standard InChI is InChI=1S/C30H63N3O2/c1-2-3-4-5-6-7-8-9-12-15-18-21-24-31-26-28-33-29-27-32-25-22-19-16-13-10-11-14-17-20-23-30(34)35/h31-33H,2-29H2,1H3,(H,34,35). The molecule has 0 fully saturated rings. The molecule has 0 rings (SSSR count). The Morgan fingerprint density at radius 3 is 1.06 bits per heavy atom. The molecule has 0 radical (unpaired) electrons. The number of carboxylic acids is 1. The summed E-state index contributed by atoms with van der Waals surface area (Å²) < 4.78 is 0. The third-order valence-electron chi connectivity index (χ3n) is 6.91. The number of carbonyl (C=O) groups is 1. The van der Waals surface area contributed by atoms with E-state index >= 15 is 0 Å². The average molecular weight is 498 g/mol. The highest BCUT2D eigenvalue weighted by atomic mass is 16.4. The largest absolute Gasteiger partial charge is 0.481 e. The summed E-state index contributed by atoms with van der Waals surface area (Å²) in [6.07, 6.45) is 28.3. The predicted molar refractivity (Wildman–Crippen MR) is 153 cm³/mol. The van der Waals surface area contributed by atoms with E-state index in [1.807, 2.05) is 0 Å². The summed E-state index contributed by atoms with van der Waals surface area (Å²) in [5.74, 6) is -0.661. The van der Waals surface area contributed by atoms with Crippen molar-refractivity contribution in [3.05, 3.63) is 0 Å². The molecule has 0 amide bonds. The van der Waals surface area contributed by atoms with E-state index in [9.17, 15) is 4.79 Å². The quantitative estimate of drug-likeness (QED) is 0.0749. The fraction of sp³-hybridized carbons (Fsp3) is 0.967. The Hall–Kier alpha value is -0.650. The van der Waals surface area contributed by atoms with Gasteiger partial charge in [0.1, 0.15) is 0 Å². The van der Waals surface area contributed by atoms with Crippen molar-refractivity contribution in [1.82, 2.24) is 16.0 Å². The second kappa shape index (κ2) is 31.4. The van der Waals surface area contributed by atoms with Gasteiger partial charge in [-0.3, -0.25) is 4.79 Å². The van der Waals surface area contributed by atoms with E-state index in [-0.39, 0.29) is 0 Å². The first-order valence-electron chi connectivity index (χ1n) is 15.6. The first kappa shape index (κ1) is 34.4. The van der Waals surface area contributed by atoms with Crippen LogP contribution in [0.15, 0.2) is 0 Å². The van der Waals surface area contributed by atoms with Crippen molar-refractivity contribution in [2.75, 3.05) is 39.3 Å². The minimum absolute atomic E-state index is 0.332. The lowest BCUT2D eigenvalue weighted by atomic mass is 10.1. The zero-order valence-electron chi connectivity index (χ0n) is 23.7.